The summed E-state index contributed by atoms with van der Waals surface area (Å²) in [7, 11) is -0.541. The number of ether oxygens (including phenoxy) is 2. The average Bonchev–Trinajstić information content (AvgIpc) is 3.08. The second-order valence-electron chi connectivity index (χ2n) is 11.4. The number of alkyl halides is 9. The number of carboxylic acids is 1. The van der Waals surface area contributed by atoms with Crippen molar-refractivity contribution in [3.63, 3.8) is 0 Å². The fourth-order valence-corrected chi connectivity index (χ4v) is 5.67. The van der Waals surface area contributed by atoms with Gasteiger partial charge in [-0.1, -0.05) is 13.0 Å². The van der Waals surface area contributed by atoms with E-state index in [4.69, 9.17) is 14.6 Å². The van der Waals surface area contributed by atoms with Crippen LogP contribution in [0.25, 0.3) is 11.3 Å². The SMILES string of the molecule is CCC(c1cc(C(F)(F)F)ccc1-c1nc(S(C)=O)ncc1OC)N(Cc1cc(C(F)(F)F)cc(C(F)(F)F)c1)c1ncc(OCCCC(=O)O)cn1. The Labute approximate surface area is 298 Å². The first kappa shape index (κ1) is 40.8. The monoisotopic (exact) mass is 779 g/mol. The van der Waals surface area contributed by atoms with Crippen LogP contribution < -0.4 is 14.4 Å². The summed E-state index contributed by atoms with van der Waals surface area (Å²) in [5, 5.41) is 8.64. The quantitative estimate of drug-likeness (QED) is 0.0762. The van der Waals surface area contributed by atoms with Crippen LogP contribution in [-0.4, -0.2) is 55.2 Å². The summed E-state index contributed by atoms with van der Waals surface area (Å²) in [4.78, 5) is 28.5. The maximum Gasteiger partial charge on any atom is 0.416 e. The fraction of sp³-hybridized carbons (Fsp3) is 0.364. The molecule has 2 aromatic heterocycles. The van der Waals surface area contributed by atoms with Gasteiger partial charge in [0.25, 0.3) is 0 Å². The maximum atomic E-state index is 14.2. The van der Waals surface area contributed by atoms with Crippen molar-refractivity contribution >= 4 is 22.7 Å². The van der Waals surface area contributed by atoms with Gasteiger partial charge < -0.3 is 19.5 Å². The molecule has 10 nitrogen and oxygen atoms in total. The fourth-order valence-electron chi connectivity index (χ4n) is 5.25. The molecular weight excluding hydrogens is 749 g/mol. The van der Waals surface area contributed by atoms with Crippen LogP contribution in [0.3, 0.4) is 0 Å². The van der Waals surface area contributed by atoms with Gasteiger partial charge in [-0.25, -0.2) is 19.9 Å². The van der Waals surface area contributed by atoms with Crippen LogP contribution in [0.1, 0.15) is 60.0 Å². The zero-order valence-electron chi connectivity index (χ0n) is 27.9. The molecule has 0 fully saturated rings. The highest BCUT2D eigenvalue weighted by molar-refractivity contribution is 7.84. The van der Waals surface area contributed by atoms with E-state index in [2.05, 4.69) is 19.9 Å². The van der Waals surface area contributed by atoms with Gasteiger partial charge in [0.05, 0.1) is 65.8 Å². The lowest BCUT2D eigenvalue weighted by molar-refractivity contribution is -0.143. The molecule has 0 saturated heterocycles. The molecule has 53 heavy (non-hydrogen) atoms. The maximum absolute atomic E-state index is 14.2. The molecule has 0 bridgehead atoms. The lowest BCUT2D eigenvalue weighted by Gasteiger charge is -2.34. The van der Waals surface area contributed by atoms with Crippen molar-refractivity contribution in [2.24, 2.45) is 0 Å². The van der Waals surface area contributed by atoms with Gasteiger partial charge in [0.2, 0.25) is 11.1 Å². The van der Waals surface area contributed by atoms with Crippen LogP contribution in [0.15, 0.2) is 60.1 Å². The molecule has 0 radical (unpaired) electrons. The van der Waals surface area contributed by atoms with Gasteiger partial charge in [-0.3, -0.25) is 9.00 Å². The van der Waals surface area contributed by atoms with E-state index in [0.29, 0.717) is 12.1 Å². The number of hydrogen-bond acceptors (Lipinski definition) is 9. The number of methoxy groups -OCH3 is 1. The number of rotatable bonds is 14. The van der Waals surface area contributed by atoms with Crippen molar-refractivity contribution in [2.75, 3.05) is 24.9 Å². The molecule has 0 amide bonds. The lowest BCUT2D eigenvalue weighted by Crippen LogP contribution is -2.31. The molecule has 2 heterocycles. The van der Waals surface area contributed by atoms with Gasteiger partial charge in [0.1, 0.15) is 5.69 Å². The Balaban J connectivity index is 1.97. The highest BCUT2D eigenvalue weighted by atomic mass is 32.2. The Bertz CT molecular complexity index is 1910. The molecule has 2 unspecified atom stereocenters. The van der Waals surface area contributed by atoms with E-state index in [0.717, 1.165) is 41.7 Å². The minimum atomic E-state index is -5.20. The van der Waals surface area contributed by atoms with E-state index in [1.165, 1.54) is 20.3 Å². The van der Waals surface area contributed by atoms with E-state index in [9.17, 15) is 48.5 Å². The summed E-state index contributed by atoms with van der Waals surface area (Å²) in [6, 6.07) is 2.18. The minimum Gasteiger partial charge on any atom is -0.493 e. The third-order valence-electron chi connectivity index (χ3n) is 7.64. The third kappa shape index (κ3) is 10.3. The van der Waals surface area contributed by atoms with E-state index in [1.807, 2.05) is 0 Å². The van der Waals surface area contributed by atoms with Crippen molar-refractivity contribution < 1.29 is 63.1 Å². The van der Waals surface area contributed by atoms with Crippen LogP contribution in [0.5, 0.6) is 11.5 Å². The zero-order chi connectivity index (χ0) is 39.3. The van der Waals surface area contributed by atoms with Crippen molar-refractivity contribution in [1.82, 2.24) is 19.9 Å². The first-order chi connectivity index (χ1) is 24.7. The van der Waals surface area contributed by atoms with Crippen LogP contribution in [0.4, 0.5) is 45.5 Å². The Morgan fingerprint density at radius 3 is 2.00 bits per heavy atom. The van der Waals surface area contributed by atoms with E-state index < -0.39 is 70.1 Å². The molecular formula is C33H30F9N5O5S. The Hall–Kier alpha value is -5.01. The van der Waals surface area contributed by atoms with Crippen molar-refractivity contribution in [3.8, 4) is 22.8 Å². The summed E-state index contributed by atoms with van der Waals surface area (Å²) >= 11 is 0. The van der Waals surface area contributed by atoms with Gasteiger partial charge >= 0.3 is 24.5 Å². The molecule has 0 spiro atoms. The molecule has 0 aliphatic rings. The van der Waals surface area contributed by atoms with Crippen LogP contribution >= 0.6 is 0 Å². The first-order valence-electron chi connectivity index (χ1n) is 15.4. The van der Waals surface area contributed by atoms with Gasteiger partial charge in [-0.05, 0) is 54.3 Å². The summed E-state index contributed by atoms with van der Waals surface area (Å²) in [5.74, 6) is -1.42. The topological polar surface area (TPSA) is 128 Å². The second-order valence-corrected chi connectivity index (χ2v) is 12.6. The first-order valence-corrected chi connectivity index (χ1v) is 17.0. The number of aromatic nitrogens is 4. The summed E-state index contributed by atoms with van der Waals surface area (Å²) in [6.45, 7) is 0.670. The highest BCUT2D eigenvalue weighted by Crippen LogP contribution is 2.43. The minimum absolute atomic E-state index is 0.0146. The predicted molar refractivity (Wildman–Crippen MR) is 171 cm³/mol. The van der Waals surface area contributed by atoms with Gasteiger partial charge in [-0.15, -0.1) is 0 Å². The Kier molecular flexibility index (Phi) is 12.6. The molecule has 286 valence electrons. The zero-order valence-corrected chi connectivity index (χ0v) is 28.8. The van der Waals surface area contributed by atoms with E-state index >= 15 is 0 Å². The predicted octanol–water partition coefficient (Wildman–Crippen LogP) is 8.14. The molecule has 20 heteroatoms. The van der Waals surface area contributed by atoms with Crippen LogP contribution in [-0.2, 0) is 40.7 Å². The number of anilines is 1. The molecule has 1 N–H and O–H groups in total. The summed E-state index contributed by atoms with van der Waals surface area (Å²) in [6.07, 6.45) is -10.9. The molecule has 2 aromatic carbocycles. The largest absolute Gasteiger partial charge is 0.493 e. The average molecular weight is 780 g/mol. The number of aliphatic carboxylic acids is 1. The molecule has 0 saturated carbocycles. The van der Waals surface area contributed by atoms with Crippen molar-refractivity contribution in [3.05, 3.63) is 82.8 Å². The summed E-state index contributed by atoms with van der Waals surface area (Å²) < 4.78 is 149. The molecule has 4 aromatic rings. The second kappa shape index (κ2) is 16.3. The van der Waals surface area contributed by atoms with Crippen LogP contribution in [0.2, 0.25) is 0 Å². The summed E-state index contributed by atoms with van der Waals surface area (Å²) in [5.41, 5.74) is -5.18. The van der Waals surface area contributed by atoms with Crippen molar-refractivity contribution in [2.45, 2.75) is 62.5 Å². The van der Waals surface area contributed by atoms with Crippen LogP contribution in [0, 0.1) is 0 Å². The highest BCUT2D eigenvalue weighted by Gasteiger charge is 2.38. The molecule has 4 rings (SSSR count). The molecule has 0 aliphatic heterocycles. The lowest BCUT2D eigenvalue weighted by atomic mass is 9.92. The van der Waals surface area contributed by atoms with Gasteiger partial charge in [0.15, 0.2) is 11.5 Å². The van der Waals surface area contributed by atoms with E-state index in [1.54, 1.807) is 0 Å². The number of hydrogen-bond donors (Lipinski definition) is 1. The smallest absolute Gasteiger partial charge is 0.416 e. The Morgan fingerprint density at radius 1 is 0.887 bits per heavy atom. The van der Waals surface area contributed by atoms with E-state index in [-0.39, 0.29) is 71.4 Å². The number of carbonyl (C=O) groups is 1. The third-order valence-corrected chi connectivity index (χ3v) is 8.35. The number of halogens is 9. The number of carboxylic acid groups (broad SMARTS) is 1. The number of benzene rings is 2. The molecule has 2 atom stereocenters. The van der Waals surface area contributed by atoms with Crippen molar-refractivity contribution in [1.29, 1.82) is 0 Å². The van der Waals surface area contributed by atoms with Gasteiger partial charge in [0, 0.05) is 24.8 Å². The Morgan fingerprint density at radius 2 is 1.49 bits per heavy atom. The van der Waals surface area contributed by atoms with Gasteiger partial charge in [-0.2, -0.15) is 39.5 Å². The normalized spacial score (nSPS) is 13.4. The molecule has 0 aliphatic carbocycles. The standard InChI is InChI=1S/C33H30F9N5O5S/c1-4-25(24-13-19(31(34,35)36)7-8-23(24)28-26(51-2)16-45-30(46-28)53(3)50)47(29-43-14-22(15-44-29)52-9-5-6-27(48)49)17-18-10-20(32(37,38)39)12-21(11-18)33(40,41)42/h7-8,10-16,25H,4-6,9,17H2,1-3H3,(H,48,49). The number of nitrogens with zero attached hydrogens (tertiary/aromatic N) is 5.